The van der Waals surface area contributed by atoms with Crippen LogP contribution in [0.2, 0.25) is 0 Å². The van der Waals surface area contributed by atoms with Gasteiger partial charge in [0.05, 0.1) is 0 Å². The molecule has 1 unspecified atom stereocenters. The van der Waals surface area contributed by atoms with E-state index in [2.05, 4.69) is 20.8 Å². The fraction of sp³-hybridized carbons (Fsp3) is 0.750. The van der Waals surface area contributed by atoms with Crippen molar-refractivity contribution in [1.82, 2.24) is 0 Å². The first-order chi connectivity index (χ1) is 8.40. The van der Waals surface area contributed by atoms with Crippen LogP contribution in [-0.2, 0) is 9.59 Å². The second-order valence-electron chi connectivity index (χ2n) is 6.37. The van der Waals surface area contributed by atoms with Crippen LogP contribution in [0, 0.1) is 23.2 Å². The van der Waals surface area contributed by atoms with Crippen LogP contribution < -0.4 is 0 Å². The summed E-state index contributed by atoms with van der Waals surface area (Å²) < 4.78 is 0. The molecule has 0 amide bonds. The van der Waals surface area contributed by atoms with Crippen molar-refractivity contribution in [3.63, 3.8) is 0 Å². The fourth-order valence-corrected chi connectivity index (χ4v) is 3.54. The Balaban J connectivity index is 2.36. The summed E-state index contributed by atoms with van der Waals surface area (Å²) in [5, 5.41) is 0. The van der Waals surface area contributed by atoms with Crippen molar-refractivity contribution in [3.8, 4) is 0 Å². The van der Waals surface area contributed by atoms with Crippen LogP contribution >= 0.6 is 0 Å². The van der Waals surface area contributed by atoms with E-state index in [1.165, 1.54) is 5.57 Å². The van der Waals surface area contributed by atoms with Gasteiger partial charge in [-0.25, -0.2) is 0 Å². The molecular formula is C16H24O2. The minimum atomic E-state index is -0.0721. The lowest BCUT2D eigenvalue weighted by Crippen LogP contribution is -2.44. The van der Waals surface area contributed by atoms with Gasteiger partial charge in [0.1, 0.15) is 5.78 Å². The summed E-state index contributed by atoms with van der Waals surface area (Å²) >= 11 is 0. The van der Waals surface area contributed by atoms with Gasteiger partial charge in [0.15, 0.2) is 5.78 Å². The molecular weight excluding hydrogens is 224 g/mol. The first-order valence-electron chi connectivity index (χ1n) is 7.17. The highest BCUT2D eigenvalue weighted by Crippen LogP contribution is 2.51. The van der Waals surface area contributed by atoms with Crippen molar-refractivity contribution in [3.05, 3.63) is 11.6 Å². The van der Waals surface area contributed by atoms with Crippen molar-refractivity contribution in [1.29, 1.82) is 0 Å². The van der Waals surface area contributed by atoms with E-state index in [4.69, 9.17) is 0 Å². The molecule has 18 heavy (non-hydrogen) atoms. The molecule has 0 radical (unpaired) electrons. The number of carbonyl (C=O) groups excluding carboxylic acids is 2. The predicted octanol–water partition coefficient (Wildman–Crippen LogP) is 3.55. The monoisotopic (exact) mass is 248 g/mol. The Bertz CT molecular complexity index is 407. The van der Waals surface area contributed by atoms with Crippen LogP contribution in [0.15, 0.2) is 11.6 Å². The summed E-state index contributed by atoms with van der Waals surface area (Å²) in [5.74, 6) is 1.25. The SMILES string of the molecule is CC[C@@H](C)C1C[C@@]2(C)C(=CC1=O)CCC(=O)[C@@H]2C. The van der Waals surface area contributed by atoms with Gasteiger partial charge in [0, 0.05) is 18.3 Å². The third-order valence-corrected chi connectivity index (χ3v) is 5.47. The lowest BCUT2D eigenvalue weighted by Gasteiger charge is -2.46. The van der Waals surface area contributed by atoms with Gasteiger partial charge in [-0.05, 0) is 30.3 Å². The molecule has 1 saturated carbocycles. The Labute approximate surface area is 110 Å². The molecule has 100 valence electrons. The van der Waals surface area contributed by atoms with E-state index in [9.17, 15) is 9.59 Å². The third kappa shape index (κ3) is 1.96. The smallest absolute Gasteiger partial charge is 0.159 e. The standard InChI is InChI=1S/C16H24O2/c1-5-10(2)13-9-16(4)11(3)14(17)7-6-12(16)8-15(13)18/h8,10-11,13H,5-7,9H2,1-4H3/t10-,11+,13?,16-/m1/s1. The van der Waals surface area contributed by atoms with Crippen LogP contribution in [0.5, 0.6) is 0 Å². The van der Waals surface area contributed by atoms with Crippen molar-refractivity contribution in [2.24, 2.45) is 23.2 Å². The summed E-state index contributed by atoms with van der Waals surface area (Å²) in [7, 11) is 0. The zero-order valence-electron chi connectivity index (χ0n) is 12.0. The Morgan fingerprint density at radius 3 is 2.67 bits per heavy atom. The maximum atomic E-state index is 12.2. The molecule has 4 atom stereocenters. The van der Waals surface area contributed by atoms with Crippen LogP contribution in [-0.4, -0.2) is 11.6 Å². The average molecular weight is 248 g/mol. The molecule has 0 aliphatic heterocycles. The largest absolute Gasteiger partial charge is 0.299 e. The van der Waals surface area contributed by atoms with E-state index in [1.54, 1.807) is 0 Å². The number of ketones is 2. The van der Waals surface area contributed by atoms with Crippen LogP contribution in [0.3, 0.4) is 0 Å². The van der Waals surface area contributed by atoms with E-state index in [0.717, 1.165) is 19.3 Å². The normalized spacial score (nSPS) is 38.1. The number of allylic oxidation sites excluding steroid dienone is 2. The van der Waals surface area contributed by atoms with E-state index in [1.807, 2.05) is 13.0 Å². The molecule has 0 aromatic carbocycles. The van der Waals surface area contributed by atoms with E-state index in [0.29, 0.717) is 23.9 Å². The zero-order chi connectivity index (χ0) is 13.5. The van der Waals surface area contributed by atoms with Gasteiger partial charge < -0.3 is 0 Å². The van der Waals surface area contributed by atoms with Gasteiger partial charge in [0.25, 0.3) is 0 Å². The van der Waals surface area contributed by atoms with Crippen molar-refractivity contribution in [2.45, 2.75) is 53.4 Å². The Morgan fingerprint density at radius 2 is 2.06 bits per heavy atom. The molecule has 2 heteroatoms. The van der Waals surface area contributed by atoms with Gasteiger partial charge in [-0.1, -0.05) is 39.7 Å². The molecule has 0 spiro atoms. The molecule has 2 rings (SSSR count). The summed E-state index contributed by atoms with van der Waals surface area (Å²) in [6, 6.07) is 0. The average Bonchev–Trinajstić information content (AvgIpc) is 2.35. The molecule has 2 nitrogen and oxygen atoms in total. The topological polar surface area (TPSA) is 34.1 Å². The van der Waals surface area contributed by atoms with Crippen molar-refractivity contribution < 1.29 is 9.59 Å². The molecule has 1 fully saturated rings. The lowest BCUT2D eigenvalue weighted by atomic mass is 9.56. The first-order valence-corrected chi connectivity index (χ1v) is 7.17. The number of fused-ring (bicyclic) bond motifs is 1. The highest BCUT2D eigenvalue weighted by atomic mass is 16.1. The summed E-state index contributed by atoms with van der Waals surface area (Å²) in [4.78, 5) is 24.2. The number of carbonyl (C=O) groups is 2. The third-order valence-electron chi connectivity index (χ3n) is 5.47. The second-order valence-corrected chi connectivity index (χ2v) is 6.37. The maximum Gasteiger partial charge on any atom is 0.159 e. The minimum Gasteiger partial charge on any atom is -0.299 e. The molecule has 0 N–H and O–H groups in total. The zero-order valence-corrected chi connectivity index (χ0v) is 12.0. The molecule has 0 bridgehead atoms. The first kappa shape index (κ1) is 13.5. The Kier molecular flexibility index (Phi) is 3.48. The van der Waals surface area contributed by atoms with Crippen molar-refractivity contribution in [2.75, 3.05) is 0 Å². The van der Waals surface area contributed by atoms with Gasteiger partial charge >= 0.3 is 0 Å². The predicted molar refractivity (Wildman–Crippen MR) is 72.2 cm³/mol. The highest BCUT2D eigenvalue weighted by molar-refractivity contribution is 5.95. The van der Waals surface area contributed by atoms with Crippen LogP contribution in [0.1, 0.15) is 53.4 Å². The van der Waals surface area contributed by atoms with E-state index in [-0.39, 0.29) is 17.3 Å². The van der Waals surface area contributed by atoms with Gasteiger partial charge in [0.2, 0.25) is 0 Å². The van der Waals surface area contributed by atoms with Crippen molar-refractivity contribution >= 4 is 11.6 Å². The molecule has 0 aromatic heterocycles. The minimum absolute atomic E-state index is 0.0668. The number of hydrogen-bond donors (Lipinski definition) is 0. The lowest BCUT2D eigenvalue weighted by molar-refractivity contribution is -0.131. The molecule has 2 aliphatic rings. The molecule has 0 saturated heterocycles. The van der Waals surface area contributed by atoms with Crippen LogP contribution in [0.25, 0.3) is 0 Å². The fourth-order valence-electron chi connectivity index (χ4n) is 3.54. The summed E-state index contributed by atoms with van der Waals surface area (Å²) in [6.07, 6.45) is 5.16. The van der Waals surface area contributed by atoms with Gasteiger partial charge in [-0.3, -0.25) is 9.59 Å². The molecule has 0 heterocycles. The highest BCUT2D eigenvalue weighted by Gasteiger charge is 2.47. The summed E-state index contributed by atoms with van der Waals surface area (Å²) in [5.41, 5.74) is 1.15. The van der Waals surface area contributed by atoms with Gasteiger partial charge in [-0.15, -0.1) is 0 Å². The van der Waals surface area contributed by atoms with Gasteiger partial charge in [-0.2, -0.15) is 0 Å². The number of Topliss-reactive ketones (excluding diaryl/α,β-unsaturated/α-hetero) is 1. The molecule has 2 aliphatic carbocycles. The second kappa shape index (κ2) is 4.64. The number of hydrogen-bond acceptors (Lipinski definition) is 2. The molecule has 0 aromatic rings. The summed E-state index contributed by atoms with van der Waals surface area (Å²) in [6.45, 7) is 8.51. The number of rotatable bonds is 2. The Hall–Kier alpha value is -0.920. The van der Waals surface area contributed by atoms with E-state index < -0.39 is 0 Å². The van der Waals surface area contributed by atoms with Crippen LogP contribution in [0.4, 0.5) is 0 Å². The maximum absolute atomic E-state index is 12.2. The Morgan fingerprint density at radius 1 is 1.39 bits per heavy atom. The quantitative estimate of drug-likeness (QED) is 0.749. The van der Waals surface area contributed by atoms with E-state index >= 15 is 0 Å².